The molecule has 0 bridgehead atoms. The van der Waals surface area contributed by atoms with Crippen LogP contribution in [0.1, 0.15) is 63.2 Å². The van der Waals surface area contributed by atoms with Gasteiger partial charge in [-0.05, 0) is 38.8 Å². The zero-order chi connectivity index (χ0) is 15.7. The lowest BCUT2D eigenvalue weighted by Crippen LogP contribution is -2.16. The molecule has 0 spiro atoms. The lowest BCUT2D eigenvalue weighted by atomic mass is 10.1. The summed E-state index contributed by atoms with van der Waals surface area (Å²) in [6, 6.07) is 5.16. The highest BCUT2D eigenvalue weighted by Gasteiger charge is 2.18. The Bertz CT molecular complexity index is 446. The molecular weight excluding hydrogens is 266 g/mol. The first-order chi connectivity index (χ1) is 10.1. The number of unbranched alkanes of at least 4 members (excludes halogenated alkanes) is 3. The van der Waals surface area contributed by atoms with Crippen LogP contribution in [-0.2, 0) is 4.74 Å². The Morgan fingerprint density at radius 1 is 1.24 bits per heavy atom. The standard InChI is InChI=1S/C17H27NO3/c1-4-6-7-8-10-13(3)21-16-14(17(19)20-5-2)11-9-12-15(16)18/h9,11-13H,4-8,10,18H2,1-3H3. The van der Waals surface area contributed by atoms with Gasteiger partial charge in [0.15, 0.2) is 5.75 Å². The van der Waals surface area contributed by atoms with Crippen LogP contribution >= 0.6 is 0 Å². The van der Waals surface area contributed by atoms with Gasteiger partial charge in [-0.25, -0.2) is 4.79 Å². The third kappa shape index (κ3) is 5.66. The Kier molecular flexibility index (Phi) is 7.65. The smallest absolute Gasteiger partial charge is 0.341 e. The molecule has 21 heavy (non-hydrogen) atoms. The van der Waals surface area contributed by atoms with Crippen molar-refractivity contribution in [3.63, 3.8) is 0 Å². The second kappa shape index (κ2) is 9.27. The maximum absolute atomic E-state index is 11.9. The molecule has 2 N–H and O–H groups in total. The van der Waals surface area contributed by atoms with Crippen LogP contribution in [0.25, 0.3) is 0 Å². The lowest BCUT2D eigenvalue weighted by Gasteiger charge is -2.18. The van der Waals surface area contributed by atoms with Gasteiger partial charge < -0.3 is 15.2 Å². The van der Waals surface area contributed by atoms with Crippen molar-refractivity contribution >= 4 is 11.7 Å². The number of carbonyl (C=O) groups excluding carboxylic acids is 1. The summed E-state index contributed by atoms with van der Waals surface area (Å²) in [7, 11) is 0. The largest absolute Gasteiger partial charge is 0.488 e. The summed E-state index contributed by atoms with van der Waals surface area (Å²) in [5.74, 6) is 0.0527. The molecule has 0 heterocycles. The minimum Gasteiger partial charge on any atom is -0.488 e. The molecule has 0 amide bonds. The van der Waals surface area contributed by atoms with Crippen molar-refractivity contribution in [2.75, 3.05) is 12.3 Å². The number of rotatable bonds is 9. The molecule has 0 aliphatic carbocycles. The molecule has 4 heteroatoms. The zero-order valence-corrected chi connectivity index (χ0v) is 13.4. The molecule has 0 saturated carbocycles. The Hall–Kier alpha value is -1.71. The highest BCUT2D eigenvalue weighted by Crippen LogP contribution is 2.29. The molecular formula is C17H27NO3. The van der Waals surface area contributed by atoms with E-state index >= 15 is 0 Å². The fourth-order valence-electron chi connectivity index (χ4n) is 2.17. The van der Waals surface area contributed by atoms with Gasteiger partial charge >= 0.3 is 5.97 Å². The number of benzene rings is 1. The quantitative estimate of drug-likeness (QED) is 0.421. The molecule has 118 valence electrons. The first-order valence-corrected chi connectivity index (χ1v) is 7.82. The van der Waals surface area contributed by atoms with Gasteiger partial charge in [-0.15, -0.1) is 0 Å². The number of anilines is 1. The van der Waals surface area contributed by atoms with E-state index in [1.807, 2.05) is 6.92 Å². The topological polar surface area (TPSA) is 61.5 Å². The second-order valence-electron chi connectivity index (χ2n) is 5.22. The SMILES string of the molecule is CCCCCCC(C)Oc1c(N)cccc1C(=O)OCC. The van der Waals surface area contributed by atoms with Crippen molar-refractivity contribution in [1.29, 1.82) is 0 Å². The summed E-state index contributed by atoms with van der Waals surface area (Å²) < 4.78 is 10.9. The Morgan fingerprint density at radius 3 is 2.67 bits per heavy atom. The van der Waals surface area contributed by atoms with E-state index in [0.717, 1.165) is 12.8 Å². The fraction of sp³-hybridized carbons (Fsp3) is 0.588. The van der Waals surface area contributed by atoms with Crippen molar-refractivity contribution in [2.45, 2.75) is 59.0 Å². The van der Waals surface area contributed by atoms with Crippen LogP contribution in [0, 0.1) is 0 Å². The minimum absolute atomic E-state index is 0.0275. The first-order valence-electron chi connectivity index (χ1n) is 7.82. The van der Waals surface area contributed by atoms with E-state index in [0.29, 0.717) is 23.6 Å². The number of carbonyl (C=O) groups is 1. The third-order valence-electron chi connectivity index (χ3n) is 3.32. The summed E-state index contributed by atoms with van der Waals surface area (Å²) in [4.78, 5) is 11.9. The van der Waals surface area contributed by atoms with Gasteiger partial charge in [0.25, 0.3) is 0 Å². The summed E-state index contributed by atoms with van der Waals surface area (Å²) in [6.07, 6.45) is 5.77. The fourth-order valence-corrected chi connectivity index (χ4v) is 2.17. The molecule has 1 aromatic rings. The second-order valence-corrected chi connectivity index (χ2v) is 5.22. The van der Waals surface area contributed by atoms with Gasteiger partial charge in [0.1, 0.15) is 5.56 Å². The number of para-hydroxylation sites is 1. The monoisotopic (exact) mass is 293 g/mol. The molecule has 1 aromatic carbocycles. The predicted octanol–water partition coefficient (Wildman–Crippen LogP) is 4.18. The number of hydrogen-bond donors (Lipinski definition) is 1. The Balaban J connectivity index is 2.70. The molecule has 4 nitrogen and oxygen atoms in total. The third-order valence-corrected chi connectivity index (χ3v) is 3.32. The van der Waals surface area contributed by atoms with Crippen LogP contribution in [0.3, 0.4) is 0 Å². The first kappa shape index (κ1) is 17.3. The summed E-state index contributed by atoms with van der Waals surface area (Å²) in [5, 5.41) is 0. The van der Waals surface area contributed by atoms with E-state index in [-0.39, 0.29) is 6.10 Å². The van der Waals surface area contributed by atoms with Gasteiger partial charge in [-0.1, -0.05) is 32.3 Å². The van der Waals surface area contributed by atoms with E-state index < -0.39 is 5.97 Å². The predicted molar refractivity (Wildman–Crippen MR) is 85.7 cm³/mol. The number of nitrogens with two attached hydrogens (primary N) is 1. The van der Waals surface area contributed by atoms with Crippen molar-refractivity contribution in [3.05, 3.63) is 23.8 Å². The minimum atomic E-state index is -0.391. The van der Waals surface area contributed by atoms with E-state index in [1.165, 1.54) is 19.3 Å². The molecule has 0 radical (unpaired) electrons. The van der Waals surface area contributed by atoms with Gasteiger partial charge in [-0.2, -0.15) is 0 Å². The highest BCUT2D eigenvalue weighted by molar-refractivity contribution is 5.94. The van der Waals surface area contributed by atoms with Gasteiger partial charge in [0.05, 0.1) is 18.4 Å². The molecule has 0 aromatic heterocycles. The molecule has 0 saturated heterocycles. The molecule has 0 aliphatic heterocycles. The molecule has 1 unspecified atom stereocenters. The van der Waals surface area contributed by atoms with Crippen molar-refractivity contribution in [3.8, 4) is 5.75 Å². The number of nitrogen functional groups attached to an aromatic ring is 1. The van der Waals surface area contributed by atoms with E-state index in [4.69, 9.17) is 15.2 Å². The van der Waals surface area contributed by atoms with Crippen LogP contribution in [0.5, 0.6) is 5.75 Å². The van der Waals surface area contributed by atoms with Crippen molar-refractivity contribution in [2.24, 2.45) is 0 Å². The molecule has 1 rings (SSSR count). The normalized spacial score (nSPS) is 12.0. The van der Waals surface area contributed by atoms with Crippen LogP contribution < -0.4 is 10.5 Å². The van der Waals surface area contributed by atoms with Gasteiger partial charge in [0, 0.05) is 0 Å². The van der Waals surface area contributed by atoms with Crippen molar-refractivity contribution < 1.29 is 14.3 Å². The van der Waals surface area contributed by atoms with Crippen LogP contribution in [-0.4, -0.2) is 18.7 Å². The summed E-state index contributed by atoms with van der Waals surface area (Å²) >= 11 is 0. The Morgan fingerprint density at radius 2 is 2.00 bits per heavy atom. The molecule has 0 aliphatic rings. The van der Waals surface area contributed by atoms with Crippen molar-refractivity contribution in [1.82, 2.24) is 0 Å². The molecule has 1 atom stereocenters. The van der Waals surface area contributed by atoms with Gasteiger partial charge in [-0.3, -0.25) is 0 Å². The maximum atomic E-state index is 11.9. The number of esters is 1. The maximum Gasteiger partial charge on any atom is 0.341 e. The average Bonchev–Trinajstić information content (AvgIpc) is 2.46. The van der Waals surface area contributed by atoms with Crippen LogP contribution in [0.15, 0.2) is 18.2 Å². The summed E-state index contributed by atoms with van der Waals surface area (Å²) in [6.45, 7) is 6.31. The number of ether oxygens (including phenoxy) is 2. The molecule has 0 fully saturated rings. The number of hydrogen-bond acceptors (Lipinski definition) is 4. The lowest BCUT2D eigenvalue weighted by molar-refractivity contribution is 0.0519. The zero-order valence-electron chi connectivity index (χ0n) is 13.4. The summed E-state index contributed by atoms with van der Waals surface area (Å²) in [5.41, 5.74) is 6.82. The van der Waals surface area contributed by atoms with E-state index in [1.54, 1.807) is 25.1 Å². The highest BCUT2D eigenvalue weighted by atomic mass is 16.5. The van der Waals surface area contributed by atoms with Crippen LogP contribution in [0.2, 0.25) is 0 Å². The van der Waals surface area contributed by atoms with Crippen LogP contribution in [0.4, 0.5) is 5.69 Å². The Labute approximate surface area is 127 Å². The van der Waals surface area contributed by atoms with E-state index in [9.17, 15) is 4.79 Å². The average molecular weight is 293 g/mol. The van der Waals surface area contributed by atoms with E-state index in [2.05, 4.69) is 6.92 Å². The van der Waals surface area contributed by atoms with Gasteiger partial charge in [0.2, 0.25) is 0 Å².